The minimum Gasteiger partial charge on any atom is -0.305 e. The van der Waals surface area contributed by atoms with Crippen molar-refractivity contribution in [2.24, 2.45) is 0 Å². The van der Waals surface area contributed by atoms with Gasteiger partial charge in [-0.3, -0.25) is 4.57 Å². The molecular formula is C20H24BrO3PS. The van der Waals surface area contributed by atoms with Crippen molar-refractivity contribution in [2.45, 2.75) is 19.6 Å². The highest BCUT2D eigenvalue weighted by molar-refractivity contribution is 9.10. The van der Waals surface area contributed by atoms with E-state index in [0.29, 0.717) is 18.5 Å². The smallest absolute Gasteiger partial charge is 0.305 e. The van der Waals surface area contributed by atoms with Crippen molar-refractivity contribution < 1.29 is 13.6 Å². The van der Waals surface area contributed by atoms with Crippen LogP contribution in [0.25, 0.3) is 6.08 Å². The lowest BCUT2D eigenvalue weighted by Crippen LogP contribution is -2.12. The summed E-state index contributed by atoms with van der Waals surface area (Å²) in [6.07, 6.45) is 4.30. The van der Waals surface area contributed by atoms with Crippen LogP contribution in [0.15, 0.2) is 59.1 Å². The van der Waals surface area contributed by atoms with E-state index >= 15 is 0 Å². The Kier molecular flexibility index (Phi) is 9.17. The molecule has 0 saturated heterocycles. The monoisotopic (exact) mass is 454 g/mol. The van der Waals surface area contributed by atoms with E-state index in [1.807, 2.05) is 62.0 Å². The molecule has 0 bridgehead atoms. The van der Waals surface area contributed by atoms with Gasteiger partial charge in [0, 0.05) is 16.0 Å². The third-order valence-electron chi connectivity index (χ3n) is 3.50. The maximum absolute atomic E-state index is 12.9. The van der Waals surface area contributed by atoms with Crippen molar-refractivity contribution in [1.82, 2.24) is 0 Å². The van der Waals surface area contributed by atoms with Gasteiger partial charge in [-0.2, -0.15) is 11.8 Å². The Morgan fingerprint density at radius 1 is 1.08 bits per heavy atom. The highest BCUT2D eigenvalue weighted by Crippen LogP contribution is 2.48. The predicted molar refractivity (Wildman–Crippen MR) is 116 cm³/mol. The topological polar surface area (TPSA) is 35.5 Å². The Bertz CT molecular complexity index is 755. The lowest BCUT2D eigenvalue weighted by atomic mass is 10.2. The van der Waals surface area contributed by atoms with Crippen LogP contribution >= 0.6 is 35.3 Å². The molecule has 0 aliphatic heterocycles. The van der Waals surface area contributed by atoms with Crippen molar-refractivity contribution in [1.29, 1.82) is 0 Å². The molecule has 0 aromatic heterocycles. The van der Waals surface area contributed by atoms with Gasteiger partial charge in [-0.15, -0.1) is 0 Å². The molecule has 0 amide bonds. The van der Waals surface area contributed by atoms with Gasteiger partial charge < -0.3 is 9.05 Å². The van der Waals surface area contributed by atoms with Crippen LogP contribution in [-0.2, 0) is 19.4 Å². The largest absolute Gasteiger partial charge is 0.362 e. The fourth-order valence-electron chi connectivity index (χ4n) is 2.37. The second-order valence-corrected chi connectivity index (χ2v) is 9.32. The quantitative estimate of drug-likeness (QED) is 0.312. The molecule has 0 saturated carbocycles. The van der Waals surface area contributed by atoms with Gasteiger partial charge in [0.1, 0.15) is 0 Å². The van der Waals surface area contributed by atoms with Crippen LogP contribution in [-0.4, -0.2) is 19.0 Å². The Morgan fingerprint density at radius 2 is 1.77 bits per heavy atom. The molecule has 0 N–H and O–H groups in total. The summed E-state index contributed by atoms with van der Waals surface area (Å²) >= 11 is 5.35. The number of hydrogen-bond acceptors (Lipinski definition) is 4. The van der Waals surface area contributed by atoms with Crippen LogP contribution in [0.5, 0.6) is 0 Å². The van der Waals surface area contributed by atoms with E-state index in [1.54, 1.807) is 0 Å². The average molecular weight is 455 g/mol. The first kappa shape index (κ1) is 21.5. The summed E-state index contributed by atoms with van der Waals surface area (Å²) in [4.78, 5) is 0. The number of hydrogen-bond donors (Lipinski definition) is 0. The van der Waals surface area contributed by atoms with Crippen LogP contribution < -0.4 is 5.30 Å². The Hall–Kier alpha value is -0.840. The molecule has 0 radical (unpaired) electrons. The van der Waals surface area contributed by atoms with Crippen LogP contribution in [0.2, 0.25) is 0 Å². The summed E-state index contributed by atoms with van der Waals surface area (Å²) < 4.78 is 24.5. The SMILES string of the molecule is CCOP(=O)(OCC)c1ccc(CSCC=Cc2ccccc2)cc1Br. The highest BCUT2D eigenvalue weighted by atomic mass is 79.9. The minimum absolute atomic E-state index is 0.342. The lowest BCUT2D eigenvalue weighted by Gasteiger charge is -2.18. The van der Waals surface area contributed by atoms with E-state index in [2.05, 4.69) is 40.2 Å². The highest BCUT2D eigenvalue weighted by Gasteiger charge is 2.29. The molecular weight excluding hydrogens is 431 g/mol. The zero-order valence-corrected chi connectivity index (χ0v) is 18.4. The summed E-state index contributed by atoms with van der Waals surface area (Å²) in [6.45, 7) is 4.31. The summed E-state index contributed by atoms with van der Waals surface area (Å²) in [5, 5.41) is 0.582. The maximum Gasteiger partial charge on any atom is 0.362 e. The number of thioether (sulfide) groups is 1. The van der Waals surface area contributed by atoms with Gasteiger partial charge in [-0.05, 0) is 53.0 Å². The van der Waals surface area contributed by atoms with E-state index in [0.717, 1.165) is 16.0 Å². The molecule has 3 nitrogen and oxygen atoms in total. The maximum atomic E-state index is 12.9. The Balaban J connectivity index is 1.94. The van der Waals surface area contributed by atoms with Crippen molar-refractivity contribution in [3.8, 4) is 0 Å². The average Bonchev–Trinajstić information content (AvgIpc) is 2.62. The molecule has 0 aliphatic carbocycles. The van der Waals surface area contributed by atoms with E-state index < -0.39 is 7.60 Å². The van der Waals surface area contributed by atoms with Gasteiger partial charge in [0.05, 0.1) is 18.5 Å². The third-order valence-corrected chi connectivity index (χ3v) is 7.60. The van der Waals surface area contributed by atoms with Gasteiger partial charge in [-0.25, -0.2) is 0 Å². The zero-order chi connectivity index (χ0) is 18.8. The summed E-state index contributed by atoms with van der Waals surface area (Å²) in [6, 6.07) is 16.1. The minimum atomic E-state index is -3.26. The summed E-state index contributed by atoms with van der Waals surface area (Å²) in [5.41, 5.74) is 2.38. The first-order valence-corrected chi connectivity index (χ1v) is 12.1. The second-order valence-electron chi connectivity index (χ2n) is 5.45. The molecule has 0 aliphatic rings. The van der Waals surface area contributed by atoms with E-state index in [1.165, 1.54) is 11.1 Å². The fraction of sp³-hybridized carbons (Fsp3) is 0.300. The van der Waals surface area contributed by atoms with E-state index in [-0.39, 0.29) is 0 Å². The molecule has 6 heteroatoms. The molecule has 2 aromatic rings. The standard InChI is InChI=1S/C20H24BrO3PS/c1-3-23-25(22,24-4-2)20-13-12-18(15-19(20)21)16-26-14-8-11-17-9-6-5-7-10-17/h5-13,15H,3-4,14,16H2,1-2H3. The first-order chi connectivity index (χ1) is 12.6. The summed E-state index contributed by atoms with van der Waals surface area (Å²) in [7, 11) is -3.26. The lowest BCUT2D eigenvalue weighted by molar-refractivity contribution is 0.230. The molecule has 2 rings (SSSR count). The number of rotatable bonds is 10. The summed E-state index contributed by atoms with van der Waals surface area (Å²) in [5.74, 6) is 1.82. The van der Waals surface area contributed by atoms with E-state index in [4.69, 9.17) is 9.05 Å². The van der Waals surface area contributed by atoms with E-state index in [9.17, 15) is 4.57 Å². The molecule has 0 unspecified atom stereocenters. The van der Waals surface area contributed by atoms with Crippen LogP contribution in [0.1, 0.15) is 25.0 Å². The molecule has 26 heavy (non-hydrogen) atoms. The van der Waals surface area contributed by atoms with Gasteiger partial charge >= 0.3 is 7.60 Å². The Morgan fingerprint density at radius 3 is 2.38 bits per heavy atom. The number of halogens is 1. The third kappa shape index (κ3) is 6.40. The predicted octanol–water partition coefficient (Wildman–Crippen LogP) is 6.29. The van der Waals surface area contributed by atoms with Crippen molar-refractivity contribution in [3.05, 3.63) is 70.2 Å². The zero-order valence-electron chi connectivity index (χ0n) is 15.1. The molecule has 0 spiro atoms. The van der Waals surface area contributed by atoms with Gasteiger partial charge in [0.2, 0.25) is 0 Å². The first-order valence-electron chi connectivity index (χ1n) is 8.56. The molecule has 0 atom stereocenters. The van der Waals surface area contributed by atoms with Crippen molar-refractivity contribution in [2.75, 3.05) is 19.0 Å². The molecule has 0 fully saturated rings. The van der Waals surface area contributed by atoms with Gasteiger partial charge in [-0.1, -0.05) is 48.6 Å². The van der Waals surface area contributed by atoms with Crippen LogP contribution in [0.3, 0.4) is 0 Å². The van der Waals surface area contributed by atoms with Crippen molar-refractivity contribution in [3.63, 3.8) is 0 Å². The Labute approximate surface area is 168 Å². The van der Waals surface area contributed by atoms with Gasteiger partial charge in [0.25, 0.3) is 0 Å². The van der Waals surface area contributed by atoms with Crippen LogP contribution in [0.4, 0.5) is 0 Å². The van der Waals surface area contributed by atoms with Crippen LogP contribution in [0, 0.1) is 0 Å². The fourth-order valence-corrected chi connectivity index (χ4v) is 5.83. The second kappa shape index (κ2) is 11.1. The normalized spacial score (nSPS) is 12.0. The molecule has 2 aromatic carbocycles. The van der Waals surface area contributed by atoms with Gasteiger partial charge in [0.15, 0.2) is 0 Å². The molecule has 0 heterocycles. The van der Waals surface area contributed by atoms with Crippen molar-refractivity contribution >= 4 is 46.7 Å². The number of benzene rings is 2. The molecule has 140 valence electrons.